The molecule has 10 heteroatoms. The molecule has 142 valence electrons. The minimum Gasteiger partial charge on any atom is -0.308 e. The van der Waals surface area contributed by atoms with Gasteiger partial charge in [-0.15, -0.1) is 16.8 Å². The highest BCUT2D eigenvalue weighted by molar-refractivity contribution is 7.99. The number of amides is 1. The van der Waals surface area contributed by atoms with Crippen LogP contribution in [-0.2, 0) is 11.3 Å². The van der Waals surface area contributed by atoms with E-state index < -0.39 is 0 Å². The van der Waals surface area contributed by atoms with Gasteiger partial charge in [-0.2, -0.15) is 5.10 Å². The molecule has 0 aliphatic carbocycles. The normalized spacial score (nSPS) is 11.2. The summed E-state index contributed by atoms with van der Waals surface area (Å²) in [7, 11) is 0. The number of hydrogen-bond donors (Lipinski definition) is 2. The molecule has 0 saturated carbocycles. The number of hydrogen-bond acceptors (Lipinski definition) is 6. The summed E-state index contributed by atoms with van der Waals surface area (Å²) in [6.07, 6.45) is 1.64. The number of nitrogens with zero attached hydrogens (tertiary/aromatic N) is 5. The number of H-pyrrole nitrogens is 1. The number of fused-ring (bicyclic) bond motifs is 3. The molecule has 0 atom stereocenters. The molecule has 4 rings (SSSR count). The predicted molar refractivity (Wildman–Crippen MR) is 108 cm³/mol. The number of carbonyl (C=O) groups is 1. The lowest BCUT2D eigenvalue weighted by Crippen LogP contribution is -2.22. The van der Waals surface area contributed by atoms with Crippen molar-refractivity contribution in [3.63, 3.8) is 0 Å². The van der Waals surface area contributed by atoms with E-state index in [1.807, 2.05) is 25.1 Å². The first-order chi connectivity index (χ1) is 13.6. The van der Waals surface area contributed by atoms with Gasteiger partial charge in [-0.25, -0.2) is 0 Å². The highest BCUT2D eigenvalue weighted by atomic mass is 32.2. The second-order valence-electron chi connectivity index (χ2n) is 6.11. The van der Waals surface area contributed by atoms with Crippen LogP contribution in [0.15, 0.2) is 52.9 Å². The highest BCUT2D eigenvalue weighted by Crippen LogP contribution is 2.21. The van der Waals surface area contributed by atoms with Gasteiger partial charge >= 0.3 is 0 Å². The van der Waals surface area contributed by atoms with Gasteiger partial charge in [0.2, 0.25) is 11.7 Å². The van der Waals surface area contributed by atoms with Crippen molar-refractivity contribution in [3.8, 4) is 0 Å². The van der Waals surface area contributed by atoms with Crippen molar-refractivity contribution >= 4 is 40.2 Å². The number of anilines is 1. The van der Waals surface area contributed by atoms with Crippen LogP contribution < -0.4 is 10.9 Å². The standard InChI is InChI=1S/C18H17N7O2S/c1-3-8-24-16(27)12-6-4-5-7-13(12)25-17(24)22-23-18(25)28-10-15(26)19-14-9-11(2)20-21-14/h3-7,9H,1,8,10H2,2H3,(H2,19,20,21,26). The highest BCUT2D eigenvalue weighted by Gasteiger charge is 2.17. The van der Waals surface area contributed by atoms with Crippen LogP contribution in [0.3, 0.4) is 0 Å². The number of para-hydroxylation sites is 1. The summed E-state index contributed by atoms with van der Waals surface area (Å²) < 4.78 is 3.30. The zero-order valence-electron chi connectivity index (χ0n) is 15.0. The molecule has 1 amide bonds. The monoisotopic (exact) mass is 395 g/mol. The smallest absolute Gasteiger partial charge is 0.263 e. The molecule has 1 aromatic carbocycles. The van der Waals surface area contributed by atoms with Crippen LogP contribution in [0.4, 0.5) is 5.82 Å². The Morgan fingerprint density at radius 2 is 2.18 bits per heavy atom. The number of benzene rings is 1. The van der Waals surface area contributed by atoms with Gasteiger partial charge in [0, 0.05) is 18.3 Å². The molecule has 0 unspecified atom stereocenters. The molecule has 3 heterocycles. The summed E-state index contributed by atoms with van der Waals surface area (Å²) in [5.41, 5.74) is 1.40. The first kappa shape index (κ1) is 18.0. The zero-order valence-corrected chi connectivity index (χ0v) is 15.9. The number of aromatic amines is 1. The van der Waals surface area contributed by atoms with Crippen LogP contribution in [0.5, 0.6) is 0 Å². The zero-order chi connectivity index (χ0) is 19.7. The Morgan fingerprint density at radius 3 is 2.93 bits per heavy atom. The molecular weight excluding hydrogens is 378 g/mol. The molecule has 2 N–H and O–H groups in total. The van der Waals surface area contributed by atoms with Crippen molar-refractivity contribution in [1.29, 1.82) is 0 Å². The van der Waals surface area contributed by atoms with Gasteiger partial charge in [0.15, 0.2) is 11.0 Å². The van der Waals surface area contributed by atoms with E-state index in [9.17, 15) is 9.59 Å². The molecule has 0 aliphatic heterocycles. The van der Waals surface area contributed by atoms with Gasteiger partial charge in [0.05, 0.1) is 16.7 Å². The average molecular weight is 395 g/mol. The Kier molecular flexibility index (Phi) is 4.70. The second kappa shape index (κ2) is 7.31. The number of aromatic nitrogens is 6. The summed E-state index contributed by atoms with van der Waals surface area (Å²) in [4.78, 5) is 25.0. The van der Waals surface area contributed by atoms with Crippen molar-refractivity contribution < 1.29 is 4.79 Å². The van der Waals surface area contributed by atoms with Gasteiger partial charge in [0.25, 0.3) is 5.56 Å². The fourth-order valence-corrected chi connectivity index (χ4v) is 3.65. The number of allylic oxidation sites excluding steroid dienone is 1. The molecule has 0 fully saturated rings. The van der Waals surface area contributed by atoms with E-state index in [2.05, 4.69) is 32.3 Å². The lowest BCUT2D eigenvalue weighted by Gasteiger charge is -2.09. The van der Waals surface area contributed by atoms with E-state index in [0.29, 0.717) is 34.2 Å². The Morgan fingerprint density at radius 1 is 1.36 bits per heavy atom. The van der Waals surface area contributed by atoms with Crippen LogP contribution in [0.2, 0.25) is 0 Å². The van der Waals surface area contributed by atoms with E-state index >= 15 is 0 Å². The van der Waals surface area contributed by atoms with Crippen LogP contribution in [0.1, 0.15) is 5.69 Å². The quantitative estimate of drug-likeness (QED) is 0.382. The lowest BCUT2D eigenvalue weighted by atomic mass is 10.2. The van der Waals surface area contributed by atoms with Gasteiger partial charge in [-0.1, -0.05) is 30.0 Å². The molecule has 0 bridgehead atoms. The minimum absolute atomic E-state index is 0.127. The maximum Gasteiger partial charge on any atom is 0.263 e. The summed E-state index contributed by atoms with van der Waals surface area (Å²) in [6.45, 7) is 5.88. The third-order valence-electron chi connectivity index (χ3n) is 4.10. The van der Waals surface area contributed by atoms with Gasteiger partial charge in [-0.3, -0.25) is 23.7 Å². The SMILES string of the molecule is C=CCn1c(=O)c2ccccc2n2c(SCC(=O)Nc3cc(C)[nH]n3)nnc12. The Hall–Kier alpha value is -3.40. The van der Waals surface area contributed by atoms with E-state index in [-0.39, 0.29) is 17.2 Å². The third kappa shape index (κ3) is 3.18. The van der Waals surface area contributed by atoms with Crippen LogP contribution in [-0.4, -0.2) is 41.0 Å². The number of thioether (sulfide) groups is 1. The molecule has 0 spiro atoms. The Labute approximate surface area is 163 Å². The molecule has 0 aliphatic rings. The first-order valence-corrected chi connectivity index (χ1v) is 9.49. The maximum atomic E-state index is 12.8. The predicted octanol–water partition coefficient (Wildman–Crippen LogP) is 1.99. The minimum atomic E-state index is -0.211. The van der Waals surface area contributed by atoms with E-state index in [4.69, 9.17) is 0 Å². The Bertz CT molecular complexity index is 1250. The summed E-state index contributed by atoms with van der Waals surface area (Å²) in [6, 6.07) is 9.00. The fraction of sp³-hybridized carbons (Fsp3) is 0.167. The van der Waals surface area contributed by atoms with E-state index in [1.54, 1.807) is 22.6 Å². The molecule has 0 saturated heterocycles. The molecule has 3 aromatic heterocycles. The molecule has 4 aromatic rings. The number of rotatable bonds is 6. The van der Waals surface area contributed by atoms with Crippen LogP contribution >= 0.6 is 11.8 Å². The van der Waals surface area contributed by atoms with Gasteiger partial charge < -0.3 is 5.32 Å². The van der Waals surface area contributed by atoms with Crippen molar-refractivity contribution in [2.75, 3.05) is 11.1 Å². The lowest BCUT2D eigenvalue weighted by molar-refractivity contribution is -0.113. The fourth-order valence-electron chi connectivity index (χ4n) is 2.91. The molecule has 9 nitrogen and oxygen atoms in total. The maximum absolute atomic E-state index is 12.8. The number of carbonyl (C=O) groups excluding carboxylic acids is 1. The number of nitrogens with one attached hydrogen (secondary N) is 2. The molecular formula is C18H17N7O2S. The van der Waals surface area contributed by atoms with Crippen molar-refractivity contribution in [3.05, 3.63) is 59.0 Å². The second-order valence-corrected chi connectivity index (χ2v) is 7.06. The van der Waals surface area contributed by atoms with Gasteiger partial charge in [0.1, 0.15) is 0 Å². The van der Waals surface area contributed by atoms with Crippen molar-refractivity contribution in [2.45, 2.75) is 18.6 Å². The topological polar surface area (TPSA) is 110 Å². The van der Waals surface area contributed by atoms with E-state index in [1.165, 1.54) is 16.3 Å². The van der Waals surface area contributed by atoms with Crippen LogP contribution in [0.25, 0.3) is 16.7 Å². The van der Waals surface area contributed by atoms with Crippen molar-refractivity contribution in [1.82, 2.24) is 29.4 Å². The van der Waals surface area contributed by atoms with E-state index in [0.717, 1.165) is 5.69 Å². The molecule has 0 radical (unpaired) electrons. The van der Waals surface area contributed by atoms with Gasteiger partial charge in [-0.05, 0) is 19.1 Å². The summed E-state index contributed by atoms with van der Waals surface area (Å²) >= 11 is 1.24. The van der Waals surface area contributed by atoms with Crippen LogP contribution in [0, 0.1) is 6.92 Å². The number of aryl methyl sites for hydroxylation is 1. The first-order valence-electron chi connectivity index (χ1n) is 8.50. The summed E-state index contributed by atoms with van der Waals surface area (Å²) in [5.74, 6) is 0.799. The Balaban J connectivity index is 1.69. The summed E-state index contributed by atoms with van der Waals surface area (Å²) in [5, 5.41) is 18.9. The molecule has 28 heavy (non-hydrogen) atoms. The van der Waals surface area contributed by atoms with Crippen molar-refractivity contribution in [2.24, 2.45) is 0 Å². The third-order valence-corrected chi connectivity index (χ3v) is 5.02. The largest absolute Gasteiger partial charge is 0.308 e. The average Bonchev–Trinajstić information content (AvgIpc) is 3.29.